The molecule has 0 fully saturated rings. The van der Waals surface area contributed by atoms with Gasteiger partial charge in [-0.25, -0.2) is 15.0 Å². The van der Waals surface area contributed by atoms with Crippen LogP contribution in [-0.4, -0.2) is 28.9 Å². The molecule has 0 radical (unpaired) electrons. The van der Waals surface area contributed by atoms with E-state index >= 15 is 0 Å². The molecule has 6 aromatic rings. The van der Waals surface area contributed by atoms with E-state index < -0.39 is 0 Å². The van der Waals surface area contributed by atoms with E-state index in [1.165, 1.54) is 17.2 Å². The van der Waals surface area contributed by atoms with E-state index in [4.69, 9.17) is 0 Å². The summed E-state index contributed by atoms with van der Waals surface area (Å²) in [6, 6.07) is 14.8. The van der Waals surface area contributed by atoms with Crippen molar-refractivity contribution < 1.29 is 0 Å². The Hall–Kier alpha value is -3.93. The van der Waals surface area contributed by atoms with Gasteiger partial charge in [-0.05, 0) is 35.7 Å². The average molecular weight is 350 g/mol. The van der Waals surface area contributed by atoms with Gasteiger partial charge < -0.3 is 14.0 Å². The predicted octanol–water partition coefficient (Wildman–Crippen LogP) is 4.22. The third-order valence-corrected chi connectivity index (χ3v) is 4.89. The Balaban J connectivity index is 1.46. The number of pyridine rings is 1. The van der Waals surface area contributed by atoms with E-state index in [1.807, 2.05) is 0 Å². The molecule has 6 rings (SSSR count). The number of fused-ring (bicyclic) bond motifs is 3. The Morgan fingerprint density at radius 3 is 2.85 bits per heavy atom. The second kappa shape index (κ2) is 5.28. The maximum Gasteiger partial charge on any atom is 0.181 e. The molecule has 1 N–H and O–H groups in total. The molecule has 0 saturated carbocycles. The standard InChI is InChI=1S/C21H14N6/c1-2-17-9-18(5-7-26(17)6-1)27-11-15-4-3-14(8-16(15)12-27)20-24-19-10-22-13-23-21(19)25-20/h1-13H,(H,22,23,24,25). The average Bonchev–Trinajstić information content (AvgIpc) is 3.42. The molecule has 1 aromatic carbocycles. The van der Waals surface area contributed by atoms with Gasteiger partial charge in [0.2, 0.25) is 0 Å². The molecular formula is C21H14N6. The SMILES string of the molecule is c1cc2cc(-n3cc4ccc(-c5nc6ncncc6[nH]5)cc4c3)ccn2c1. The number of aromatic nitrogens is 6. The van der Waals surface area contributed by atoms with Crippen molar-refractivity contribution in [3.63, 3.8) is 0 Å². The third-order valence-electron chi connectivity index (χ3n) is 4.89. The minimum absolute atomic E-state index is 0.679. The summed E-state index contributed by atoms with van der Waals surface area (Å²) in [5.41, 5.74) is 4.86. The van der Waals surface area contributed by atoms with Gasteiger partial charge >= 0.3 is 0 Å². The summed E-state index contributed by atoms with van der Waals surface area (Å²) in [5.74, 6) is 0.801. The number of hydrogen-bond donors (Lipinski definition) is 1. The van der Waals surface area contributed by atoms with E-state index in [-0.39, 0.29) is 0 Å². The fourth-order valence-corrected chi connectivity index (χ4v) is 3.52. The van der Waals surface area contributed by atoms with Crippen molar-refractivity contribution in [3.8, 4) is 17.1 Å². The monoisotopic (exact) mass is 350 g/mol. The summed E-state index contributed by atoms with van der Waals surface area (Å²) in [6.07, 6.45) is 11.7. The summed E-state index contributed by atoms with van der Waals surface area (Å²) in [5, 5.41) is 2.35. The lowest BCUT2D eigenvalue weighted by Gasteiger charge is -2.03. The van der Waals surface area contributed by atoms with Crippen LogP contribution in [0, 0.1) is 0 Å². The Kier molecular flexibility index (Phi) is 2.79. The second-order valence-electron chi connectivity index (χ2n) is 6.58. The van der Waals surface area contributed by atoms with Gasteiger partial charge in [-0.3, -0.25) is 0 Å². The van der Waals surface area contributed by atoms with E-state index in [0.29, 0.717) is 5.65 Å². The van der Waals surface area contributed by atoms with E-state index in [1.54, 1.807) is 6.20 Å². The lowest BCUT2D eigenvalue weighted by atomic mass is 10.1. The number of imidazole rings is 1. The zero-order chi connectivity index (χ0) is 17.8. The van der Waals surface area contributed by atoms with Crippen LogP contribution in [0.2, 0.25) is 0 Å². The van der Waals surface area contributed by atoms with Gasteiger partial charge in [0, 0.05) is 46.9 Å². The topological polar surface area (TPSA) is 63.8 Å². The first-order valence-corrected chi connectivity index (χ1v) is 8.68. The molecule has 0 unspecified atom stereocenters. The van der Waals surface area contributed by atoms with E-state index in [0.717, 1.165) is 28.0 Å². The first-order valence-electron chi connectivity index (χ1n) is 8.68. The molecule has 0 amide bonds. The summed E-state index contributed by atoms with van der Waals surface area (Å²) in [4.78, 5) is 16.1. The van der Waals surface area contributed by atoms with Gasteiger partial charge in [-0.1, -0.05) is 12.1 Å². The second-order valence-corrected chi connectivity index (χ2v) is 6.58. The molecular weight excluding hydrogens is 336 g/mol. The summed E-state index contributed by atoms with van der Waals surface area (Å²) < 4.78 is 4.26. The van der Waals surface area contributed by atoms with Crippen LogP contribution in [0.3, 0.4) is 0 Å². The van der Waals surface area contributed by atoms with Gasteiger partial charge in [0.25, 0.3) is 0 Å². The fraction of sp³-hybridized carbons (Fsp3) is 0. The molecule has 5 heterocycles. The highest BCUT2D eigenvalue weighted by Gasteiger charge is 2.08. The minimum atomic E-state index is 0.679. The maximum atomic E-state index is 4.57. The van der Waals surface area contributed by atoms with Crippen molar-refractivity contribution in [3.05, 3.63) is 79.8 Å². The highest BCUT2D eigenvalue weighted by molar-refractivity contribution is 5.88. The molecule has 0 spiro atoms. The molecule has 27 heavy (non-hydrogen) atoms. The number of aromatic amines is 1. The van der Waals surface area contributed by atoms with Crippen LogP contribution >= 0.6 is 0 Å². The molecule has 0 aliphatic rings. The normalized spacial score (nSPS) is 11.7. The largest absolute Gasteiger partial charge is 0.335 e. The Morgan fingerprint density at radius 2 is 1.89 bits per heavy atom. The van der Waals surface area contributed by atoms with Crippen molar-refractivity contribution >= 4 is 27.5 Å². The summed E-state index contributed by atoms with van der Waals surface area (Å²) >= 11 is 0. The number of rotatable bonds is 2. The molecule has 5 aromatic heterocycles. The van der Waals surface area contributed by atoms with E-state index in [9.17, 15) is 0 Å². The van der Waals surface area contributed by atoms with Crippen LogP contribution in [0.4, 0.5) is 0 Å². The van der Waals surface area contributed by atoms with Crippen molar-refractivity contribution in [1.82, 2.24) is 28.9 Å². The molecule has 0 atom stereocenters. The van der Waals surface area contributed by atoms with Crippen molar-refractivity contribution in [1.29, 1.82) is 0 Å². The lowest BCUT2D eigenvalue weighted by molar-refractivity contribution is 1.07. The van der Waals surface area contributed by atoms with Crippen LogP contribution in [0.5, 0.6) is 0 Å². The van der Waals surface area contributed by atoms with Crippen molar-refractivity contribution in [2.45, 2.75) is 0 Å². The quantitative estimate of drug-likeness (QED) is 0.509. The number of benzene rings is 1. The summed E-state index contributed by atoms with van der Waals surface area (Å²) in [6.45, 7) is 0. The molecule has 0 bridgehead atoms. The fourth-order valence-electron chi connectivity index (χ4n) is 3.52. The maximum absolute atomic E-state index is 4.57. The number of hydrogen-bond acceptors (Lipinski definition) is 3. The lowest BCUT2D eigenvalue weighted by Crippen LogP contribution is -1.91. The van der Waals surface area contributed by atoms with Crippen LogP contribution < -0.4 is 0 Å². The Bertz CT molecular complexity index is 1400. The number of H-pyrrole nitrogens is 1. The Labute approximate surface area is 153 Å². The van der Waals surface area contributed by atoms with Gasteiger partial charge in [-0.2, -0.15) is 0 Å². The van der Waals surface area contributed by atoms with Gasteiger partial charge in [0.1, 0.15) is 17.7 Å². The zero-order valence-electron chi connectivity index (χ0n) is 14.2. The van der Waals surface area contributed by atoms with E-state index in [2.05, 4.69) is 96.2 Å². The van der Waals surface area contributed by atoms with Crippen LogP contribution in [0.25, 0.3) is 44.5 Å². The highest BCUT2D eigenvalue weighted by Crippen LogP contribution is 2.26. The molecule has 6 nitrogen and oxygen atoms in total. The van der Waals surface area contributed by atoms with Crippen molar-refractivity contribution in [2.75, 3.05) is 0 Å². The zero-order valence-corrected chi connectivity index (χ0v) is 14.2. The number of nitrogens with one attached hydrogen (secondary N) is 1. The van der Waals surface area contributed by atoms with Crippen molar-refractivity contribution in [2.24, 2.45) is 0 Å². The van der Waals surface area contributed by atoms with Crippen LogP contribution in [-0.2, 0) is 0 Å². The van der Waals surface area contributed by atoms with Gasteiger partial charge in [0.15, 0.2) is 5.65 Å². The molecule has 6 heteroatoms. The molecule has 0 saturated heterocycles. The first kappa shape index (κ1) is 14.3. The minimum Gasteiger partial charge on any atom is -0.335 e. The van der Waals surface area contributed by atoms with Gasteiger partial charge in [0.05, 0.1) is 6.20 Å². The van der Waals surface area contributed by atoms with Gasteiger partial charge in [-0.15, -0.1) is 0 Å². The highest BCUT2D eigenvalue weighted by atomic mass is 15.0. The third kappa shape index (κ3) is 2.23. The number of nitrogens with zero attached hydrogens (tertiary/aromatic N) is 5. The predicted molar refractivity (Wildman–Crippen MR) is 105 cm³/mol. The Morgan fingerprint density at radius 1 is 0.926 bits per heavy atom. The van der Waals surface area contributed by atoms with Crippen LogP contribution in [0.15, 0.2) is 79.8 Å². The molecule has 0 aliphatic carbocycles. The first-order chi connectivity index (χ1) is 13.3. The smallest absolute Gasteiger partial charge is 0.181 e. The summed E-state index contributed by atoms with van der Waals surface area (Å²) in [7, 11) is 0. The molecule has 128 valence electrons. The molecule has 0 aliphatic heterocycles. The van der Waals surface area contributed by atoms with Crippen LogP contribution in [0.1, 0.15) is 0 Å².